The zero-order valence-corrected chi connectivity index (χ0v) is 15.0. The topological polar surface area (TPSA) is 77.4 Å². The second kappa shape index (κ2) is 5.98. The molecule has 3 aromatic rings. The number of hydrazone groups is 1. The van der Waals surface area contributed by atoms with Crippen LogP contribution < -0.4 is 16.3 Å². The van der Waals surface area contributed by atoms with E-state index >= 15 is 0 Å². The summed E-state index contributed by atoms with van der Waals surface area (Å²) in [7, 11) is 1.64. The molecule has 0 N–H and O–H groups in total. The first kappa shape index (κ1) is 16.3. The zero-order chi connectivity index (χ0) is 18.4. The number of anilines is 1. The number of nitrogens with zero attached hydrogens (tertiary/aromatic N) is 6. The van der Waals surface area contributed by atoms with E-state index in [2.05, 4.69) is 10.1 Å². The van der Waals surface area contributed by atoms with Crippen LogP contribution >= 0.6 is 0 Å². The van der Waals surface area contributed by atoms with Crippen molar-refractivity contribution in [3.63, 3.8) is 0 Å². The fourth-order valence-electron chi connectivity index (χ4n) is 3.36. The molecule has 0 bridgehead atoms. The van der Waals surface area contributed by atoms with Gasteiger partial charge in [0.25, 0.3) is 5.56 Å². The predicted molar refractivity (Wildman–Crippen MR) is 101 cm³/mol. The molecule has 4 rings (SSSR count). The van der Waals surface area contributed by atoms with Crippen molar-refractivity contribution in [2.75, 3.05) is 5.01 Å². The van der Waals surface area contributed by atoms with E-state index in [0.29, 0.717) is 36.7 Å². The van der Waals surface area contributed by atoms with Gasteiger partial charge < -0.3 is 0 Å². The van der Waals surface area contributed by atoms with Crippen LogP contribution in [0, 0.1) is 0 Å². The van der Waals surface area contributed by atoms with Crippen LogP contribution in [0.1, 0.15) is 19.4 Å². The maximum atomic E-state index is 12.9. The molecular weight excluding hydrogens is 332 g/mol. The van der Waals surface area contributed by atoms with E-state index in [-0.39, 0.29) is 11.2 Å². The van der Waals surface area contributed by atoms with Crippen molar-refractivity contribution in [3.8, 4) is 0 Å². The largest absolute Gasteiger partial charge is 0.332 e. The van der Waals surface area contributed by atoms with E-state index in [4.69, 9.17) is 0 Å². The maximum absolute atomic E-state index is 12.9. The lowest BCUT2D eigenvalue weighted by molar-refractivity contribution is 0.634. The van der Waals surface area contributed by atoms with Crippen molar-refractivity contribution in [3.05, 3.63) is 56.7 Å². The van der Waals surface area contributed by atoms with E-state index in [0.717, 1.165) is 11.3 Å². The Morgan fingerprint density at radius 2 is 1.88 bits per heavy atom. The van der Waals surface area contributed by atoms with Crippen molar-refractivity contribution in [2.24, 2.45) is 12.1 Å². The summed E-state index contributed by atoms with van der Waals surface area (Å²) in [6, 6.07) is 9.95. The van der Waals surface area contributed by atoms with Gasteiger partial charge in [-0.25, -0.2) is 9.80 Å². The quantitative estimate of drug-likeness (QED) is 0.712. The van der Waals surface area contributed by atoms with Crippen LogP contribution in [0.15, 0.2) is 45.0 Å². The molecule has 0 radical (unpaired) electrons. The molecule has 1 aliphatic rings. The molecule has 0 amide bonds. The van der Waals surface area contributed by atoms with Crippen molar-refractivity contribution in [1.29, 1.82) is 0 Å². The van der Waals surface area contributed by atoms with E-state index < -0.39 is 0 Å². The lowest BCUT2D eigenvalue weighted by Crippen LogP contribution is -2.39. The second-order valence-electron chi connectivity index (χ2n) is 6.44. The Hall–Kier alpha value is -3.16. The van der Waals surface area contributed by atoms with Gasteiger partial charge in [0.15, 0.2) is 11.2 Å². The molecular formula is C18H20N6O2. The Labute approximate surface area is 149 Å². The summed E-state index contributed by atoms with van der Waals surface area (Å²) in [5, 5.41) is 6.39. The second-order valence-corrected chi connectivity index (χ2v) is 6.44. The van der Waals surface area contributed by atoms with Crippen molar-refractivity contribution < 1.29 is 0 Å². The summed E-state index contributed by atoms with van der Waals surface area (Å²) >= 11 is 0. The zero-order valence-electron chi connectivity index (χ0n) is 15.0. The molecule has 0 fully saturated rings. The minimum atomic E-state index is -0.354. The highest BCUT2D eigenvalue weighted by Gasteiger charge is 2.26. The molecule has 3 heterocycles. The highest BCUT2D eigenvalue weighted by Crippen LogP contribution is 2.25. The highest BCUT2D eigenvalue weighted by molar-refractivity contribution is 5.87. The monoisotopic (exact) mass is 352 g/mol. The fourth-order valence-corrected chi connectivity index (χ4v) is 3.36. The predicted octanol–water partition coefficient (Wildman–Crippen LogP) is 1.31. The summed E-state index contributed by atoms with van der Waals surface area (Å²) in [4.78, 5) is 29.9. The molecule has 134 valence electrons. The number of fused-ring (bicyclic) bond motifs is 3. The van der Waals surface area contributed by atoms with Gasteiger partial charge in [-0.15, -0.1) is 0 Å². The van der Waals surface area contributed by atoms with Gasteiger partial charge in [-0.3, -0.25) is 18.5 Å². The third-order valence-corrected chi connectivity index (χ3v) is 4.61. The minimum Gasteiger partial charge on any atom is -0.297 e. The molecule has 1 aromatic carbocycles. The summed E-state index contributed by atoms with van der Waals surface area (Å²) in [6.07, 6.45) is 0. The number of hydrogen-bond acceptors (Lipinski definition) is 5. The van der Waals surface area contributed by atoms with Gasteiger partial charge in [0.2, 0.25) is 5.95 Å². The number of benzene rings is 1. The molecule has 0 saturated carbocycles. The normalized spacial score (nSPS) is 13.8. The van der Waals surface area contributed by atoms with Crippen molar-refractivity contribution in [1.82, 2.24) is 18.7 Å². The Morgan fingerprint density at radius 1 is 1.15 bits per heavy atom. The molecule has 1 aliphatic heterocycles. The molecule has 8 heteroatoms. The smallest absolute Gasteiger partial charge is 0.297 e. The van der Waals surface area contributed by atoms with Crippen molar-refractivity contribution >= 4 is 22.8 Å². The third-order valence-electron chi connectivity index (χ3n) is 4.61. The highest BCUT2D eigenvalue weighted by atomic mass is 16.2. The third kappa shape index (κ3) is 2.37. The number of hydrogen-bond donors (Lipinski definition) is 0. The molecule has 0 saturated heterocycles. The van der Waals surface area contributed by atoms with Gasteiger partial charge >= 0.3 is 5.69 Å². The number of aromatic nitrogens is 4. The maximum Gasteiger partial charge on any atom is 0.332 e. The number of imidazole rings is 1. The summed E-state index contributed by atoms with van der Waals surface area (Å²) in [6.45, 7) is 5.05. The summed E-state index contributed by atoms with van der Waals surface area (Å²) in [5.74, 6) is 0.579. The Balaban J connectivity index is 1.95. The molecule has 0 atom stereocenters. The summed E-state index contributed by atoms with van der Waals surface area (Å²) < 4.78 is 4.52. The SMILES string of the molecule is CCn1c(=O)c2c(nc3n2CC(C)=NN3Cc2ccccc2)n(C)c1=O. The lowest BCUT2D eigenvalue weighted by Gasteiger charge is -2.24. The Morgan fingerprint density at radius 3 is 2.58 bits per heavy atom. The van der Waals surface area contributed by atoms with Gasteiger partial charge in [0, 0.05) is 13.6 Å². The first-order valence-corrected chi connectivity index (χ1v) is 8.57. The molecule has 0 aliphatic carbocycles. The fraction of sp³-hybridized carbons (Fsp3) is 0.333. The number of rotatable bonds is 3. The van der Waals surface area contributed by atoms with E-state index in [1.54, 1.807) is 19.0 Å². The molecule has 8 nitrogen and oxygen atoms in total. The van der Waals surface area contributed by atoms with Crippen LogP contribution in [0.4, 0.5) is 5.95 Å². The molecule has 2 aromatic heterocycles. The van der Waals surface area contributed by atoms with Gasteiger partial charge in [-0.2, -0.15) is 10.1 Å². The number of aryl methyl sites for hydroxylation is 1. The minimum absolute atomic E-state index is 0.307. The van der Waals surface area contributed by atoms with E-state index in [1.165, 1.54) is 9.13 Å². The van der Waals surface area contributed by atoms with Crippen molar-refractivity contribution in [2.45, 2.75) is 33.5 Å². The van der Waals surface area contributed by atoms with Crippen LogP contribution in [0.5, 0.6) is 0 Å². The first-order chi connectivity index (χ1) is 12.5. The standard InChI is InChI=1S/C18H20N6O2/c1-4-22-16(25)14-15(21(3)18(22)26)19-17-23(14)10-12(2)20-24(17)11-13-8-6-5-7-9-13/h5-9H,4,10-11H2,1-3H3. The lowest BCUT2D eigenvalue weighted by atomic mass is 10.2. The van der Waals surface area contributed by atoms with Gasteiger partial charge in [0.05, 0.1) is 18.8 Å². The first-order valence-electron chi connectivity index (χ1n) is 8.57. The summed E-state index contributed by atoms with van der Waals surface area (Å²) in [5.41, 5.74) is 2.14. The van der Waals surface area contributed by atoms with Gasteiger partial charge in [-0.05, 0) is 19.4 Å². The van der Waals surface area contributed by atoms with Gasteiger partial charge in [0.1, 0.15) is 0 Å². The molecule has 0 unspecified atom stereocenters. The van der Waals surface area contributed by atoms with Crippen LogP contribution in [-0.2, 0) is 26.7 Å². The average molecular weight is 352 g/mol. The van der Waals surface area contributed by atoms with Crippen LogP contribution in [0.3, 0.4) is 0 Å². The molecule has 26 heavy (non-hydrogen) atoms. The van der Waals surface area contributed by atoms with Crippen LogP contribution in [0.25, 0.3) is 11.2 Å². The Kier molecular flexibility index (Phi) is 3.75. The average Bonchev–Trinajstić information content (AvgIpc) is 3.01. The van der Waals surface area contributed by atoms with Gasteiger partial charge in [-0.1, -0.05) is 30.3 Å². The Bertz CT molecular complexity index is 1140. The molecule has 0 spiro atoms. The van der Waals surface area contributed by atoms with Crippen LogP contribution in [0.2, 0.25) is 0 Å². The van der Waals surface area contributed by atoms with E-state index in [9.17, 15) is 9.59 Å². The van der Waals surface area contributed by atoms with E-state index in [1.807, 2.05) is 41.8 Å². The van der Waals surface area contributed by atoms with Crippen LogP contribution in [-0.4, -0.2) is 24.4 Å².